The second-order valence-corrected chi connectivity index (χ2v) is 6.90. The molecule has 0 radical (unpaired) electrons. The van der Waals surface area contributed by atoms with Crippen LogP contribution in [0.25, 0.3) is 0 Å². The number of benzene rings is 1. The first-order valence-corrected chi connectivity index (χ1v) is 9.24. The fourth-order valence-corrected chi connectivity index (χ4v) is 3.34. The van der Waals surface area contributed by atoms with E-state index in [2.05, 4.69) is 27.3 Å². The van der Waals surface area contributed by atoms with Crippen molar-refractivity contribution in [1.29, 1.82) is 0 Å². The third-order valence-electron chi connectivity index (χ3n) is 4.97. The molecule has 1 aromatic carbocycles. The van der Waals surface area contributed by atoms with Gasteiger partial charge in [0.15, 0.2) is 0 Å². The van der Waals surface area contributed by atoms with Gasteiger partial charge < -0.3 is 10.1 Å². The summed E-state index contributed by atoms with van der Waals surface area (Å²) in [6.07, 6.45) is 6.38. The van der Waals surface area contributed by atoms with E-state index in [1.165, 1.54) is 5.56 Å². The van der Waals surface area contributed by atoms with Gasteiger partial charge in [-0.3, -0.25) is 14.7 Å². The van der Waals surface area contributed by atoms with Crippen LogP contribution in [0.4, 0.5) is 0 Å². The van der Waals surface area contributed by atoms with Crippen molar-refractivity contribution in [3.8, 4) is 5.75 Å². The molecule has 2 heterocycles. The van der Waals surface area contributed by atoms with Crippen molar-refractivity contribution in [3.05, 3.63) is 59.9 Å². The summed E-state index contributed by atoms with van der Waals surface area (Å²) in [5.74, 6) is 1.48. The van der Waals surface area contributed by atoms with Gasteiger partial charge in [0.1, 0.15) is 5.75 Å². The normalized spacial score (nSPS) is 15.6. The van der Waals surface area contributed by atoms with Crippen LogP contribution in [0.3, 0.4) is 0 Å². The smallest absolute Gasteiger partial charge is 0.224 e. The van der Waals surface area contributed by atoms with Crippen LogP contribution < -0.4 is 10.1 Å². The Balaban J connectivity index is 1.35. The highest BCUT2D eigenvalue weighted by molar-refractivity contribution is 5.78. The van der Waals surface area contributed by atoms with Gasteiger partial charge in [-0.05, 0) is 67.2 Å². The molecule has 26 heavy (non-hydrogen) atoms. The number of pyridine rings is 1. The molecule has 0 unspecified atom stereocenters. The van der Waals surface area contributed by atoms with Crippen LogP contribution in [-0.2, 0) is 17.8 Å². The number of hydrogen-bond donors (Lipinski definition) is 1. The zero-order chi connectivity index (χ0) is 18.2. The van der Waals surface area contributed by atoms with Gasteiger partial charge in [0.2, 0.25) is 5.91 Å². The summed E-state index contributed by atoms with van der Waals surface area (Å²) in [6.45, 7) is 3.93. The number of methoxy groups -OCH3 is 1. The molecule has 0 saturated carbocycles. The predicted molar refractivity (Wildman–Crippen MR) is 102 cm³/mol. The summed E-state index contributed by atoms with van der Waals surface area (Å²) in [7, 11) is 1.64. The van der Waals surface area contributed by atoms with Gasteiger partial charge in [-0.1, -0.05) is 12.1 Å². The van der Waals surface area contributed by atoms with Gasteiger partial charge in [0.25, 0.3) is 0 Å². The van der Waals surface area contributed by atoms with Crippen molar-refractivity contribution in [3.63, 3.8) is 0 Å². The molecule has 1 aliphatic heterocycles. The number of likely N-dealkylation sites (tertiary alicyclic amines) is 1. The maximum Gasteiger partial charge on any atom is 0.224 e. The Hall–Kier alpha value is -2.40. The Bertz CT molecular complexity index is 680. The van der Waals surface area contributed by atoms with Gasteiger partial charge in [0.05, 0.1) is 13.5 Å². The Morgan fingerprint density at radius 1 is 1.12 bits per heavy atom. The second kappa shape index (κ2) is 9.34. The lowest BCUT2D eigenvalue weighted by atomic mass is 9.96. The van der Waals surface area contributed by atoms with Gasteiger partial charge in [0, 0.05) is 25.5 Å². The molecule has 1 fully saturated rings. The van der Waals surface area contributed by atoms with Crippen molar-refractivity contribution in [2.45, 2.75) is 25.8 Å². The first-order chi connectivity index (χ1) is 12.7. The van der Waals surface area contributed by atoms with Gasteiger partial charge in [-0.2, -0.15) is 0 Å². The Morgan fingerprint density at radius 2 is 1.81 bits per heavy atom. The van der Waals surface area contributed by atoms with Crippen LogP contribution in [0.1, 0.15) is 24.0 Å². The summed E-state index contributed by atoms with van der Waals surface area (Å²) >= 11 is 0. The monoisotopic (exact) mass is 353 g/mol. The molecule has 1 saturated heterocycles. The number of carbonyl (C=O) groups excluding carboxylic acids is 1. The topological polar surface area (TPSA) is 54.5 Å². The predicted octanol–water partition coefficient (Wildman–Crippen LogP) is 2.66. The molecule has 1 amide bonds. The quantitative estimate of drug-likeness (QED) is 0.831. The first-order valence-electron chi connectivity index (χ1n) is 9.24. The van der Waals surface area contributed by atoms with Crippen molar-refractivity contribution in [2.24, 2.45) is 5.92 Å². The van der Waals surface area contributed by atoms with Crippen LogP contribution in [-0.4, -0.2) is 42.5 Å². The molecule has 0 aliphatic carbocycles. The van der Waals surface area contributed by atoms with Crippen LogP contribution in [0.2, 0.25) is 0 Å². The molecule has 138 valence electrons. The van der Waals surface area contributed by atoms with E-state index in [1.807, 2.05) is 36.7 Å². The van der Waals surface area contributed by atoms with Crippen LogP contribution >= 0.6 is 0 Å². The lowest BCUT2D eigenvalue weighted by Crippen LogP contribution is -2.38. The number of ether oxygens (including phenoxy) is 1. The van der Waals surface area contributed by atoms with Crippen LogP contribution in [0, 0.1) is 5.92 Å². The summed E-state index contributed by atoms with van der Waals surface area (Å²) in [4.78, 5) is 18.7. The van der Waals surface area contributed by atoms with E-state index in [0.29, 0.717) is 12.3 Å². The maximum atomic E-state index is 12.2. The average molecular weight is 353 g/mol. The van der Waals surface area contributed by atoms with Crippen LogP contribution in [0.15, 0.2) is 48.8 Å². The number of amides is 1. The summed E-state index contributed by atoms with van der Waals surface area (Å²) in [5.41, 5.74) is 2.32. The van der Waals surface area contributed by atoms with E-state index in [1.54, 1.807) is 7.11 Å². The highest BCUT2D eigenvalue weighted by Crippen LogP contribution is 2.18. The fourth-order valence-electron chi connectivity index (χ4n) is 3.34. The Kier molecular flexibility index (Phi) is 6.61. The van der Waals surface area contributed by atoms with Gasteiger partial charge in [-0.15, -0.1) is 0 Å². The second-order valence-electron chi connectivity index (χ2n) is 6.90. The minimum Gasteiger partial charge on any atom is -0.497 e. The summed E-state index contributed by atoms with van der Waals surface area (Å²) in [6, 6.07) is 11.8. The third kappa shape index (κ3) is 5.56. The molecule has 0 bridgehead atoms. The molecule has 1 aliphatic rings. The first kappa shape index (κ1) is 18.4. The molecule has 3 rings (SSSR count). The van der Waals surface area contributed by atoms with E-state index < -0.39 is 0 Å². The number of carbonyl (C=O) groups is 1. The fraction of sp³-hybridized carbons (Fsp3) is 0.429. The molecule has 0 atom stereocenters. The van der Waals surface area contributed by atoms with E-state index in [0.717, 1.165) is 50.3 Å². The standard InChI is InChI=1S/C21H27N3O2/c1-26-20-4-2-17(3-5-20)14-21(25)23-15-18-8-12-24(13-9-18)16-19-6-10-22-11-7-19/h2-7,10-11,18H,8-9,12-16H2,1H3,(H,23,25). The Labute approximate surface area is 155 Å². The minimum atomic E-state index is 0.0920. The molecule has 1 N–H and O–H groups in total. The van der Waals surface area contributed by atoms with Crippen molar-refractivity contribution in [1.82, 2.24) is 15.2 Å². The van der Waals surface area contributed by atoms with Crippen LogP contribution in [0.5, 0.6) is 5.75 Å². The van der Waals surface area contributed by atoms with E-state index >= 15 is 0 Å². The lowest BCUT2D eigenvalue weighted by Gasteiger charge is -2.32. The molecular formula is C21H27N3O2. The number of nitrogens with one attached hydrogen (secondary N) is 1. The lowest BCUT2D eigenvalue weighted by molar-refractivity contribution is -0.120. The highest BCUT2D eigenvalue weighted by Gasteiger charge is 2.19. The number of rotatable bonds is 7. The molecule has 5 nitrogen and oxygen atoms in total. The third-order valence-corrected chi connectivity index (χ3v) is 4.97. The van der Waals surface area contributed by atoms with Crippen molar-refractivity contribution in [2.75, 3.05) is 26.7 Å². The maximum absolute atomic E-state index is 12.2. The zero-order valence-electron chi connectivity index (χ0n) is 15.4. The van der Waals surface area contributed by atoms with Crippen molar-refractivity contribution >= 4 is 5.91 Å². The van der Waals surface area contributed by atoms with E-state index in [-0.39, 0.29) is 5.91 Å². The zero-order valence-corrected chi connectivity index (χ0v) is 15.4. The summed E-state index contributed by atoms with van der Waals surface area (Å²) in [5, 5.41) is 3.10. The molecule has 0 spiro atoms. The van der Waals surface area contributed by atoms with Gasteiger partial charge in [-0.25, -0.2) is 0 Å². The molecular weight excluding hydrogens is 326 g/mol. The van der Waals surface area contributed by atoms with Gasteiger partial charge >= 0.3 is 0 Å². The molecule has 2 aromatic rings. The number of hydrogen-bond acceptors (Lipinski definition) is 4. The van der Waals surface area contributed by atoms with E-state index in [4.69, 9.17) is 4.74 Å². The average Bonchev–Trinajstić information content (AvgIpc) is 2.69. The number of aromatic nitrogens is 1. The molecule has 5 heteroatoms. The minimum absolute atomic E-state index is 0.0920. The Morgan fingerprint density at radius 3 is 2.46 bits per heavy atom. The number of nitrogens with zero attached hydrogens (tertiary/aromatic N) is 2. The molecule has 1 aromatic heterocycles. The summed E-state index contributed by atoms with van der Waals surface area (Å²) < 4.78 is 5.14. The highest BCUT2D eigenvalue weighted by atomic mass is 16.5. The number of piperidine rings is 1. The SMILES string of the molecule is COc1ccc(CC(=O)NCC2CCN(Cc3ccncc3)CC2)cc1. The van der Waals surface area contributed by atoms with Crippen molar-refractivity contribution < 1.29 is 9.53 Å². The largest absolute Gasteiger partial charge is 0.497 e. The van der Waals surface area contributed by atoms with E-state index in [9.17, 15) is 4.79 Å².